The van der Waals surface area contributed by atoms with E-state index >= 15 is 0 Å². The molecule has 2 heterocycles. The van der Waals surface area contributed by atoms with Gasteiger partial charge in [-0.15, -0.1) is 11.3 Å². The van der Waals surface area contributed by atoms with Crippen LogP contribution in [0, 0.1) is 27.7 Å². The number of anilines is 1. The molecule has 0 atom stereocenters. The Kier molecular flexibility index (Phi) is 6.80. The molecular weight excluding hydrogens is 444 g/mol. The molecule has 3 rings (SSSR count). The van der Waals surface area contributed by atoms with Crippen LogP contribution in [0.1, 0.15) is 46.0 Å². The molecule has 0 unspecified atom stereocenters. The maximum absolute atomic E-state index is 13.2. The van der Waals surface area contributed by atoms with Gasteiger partial charge in [0.1, 0.15) is 14.8 Å². The summed E-state index contributed by atoms with van der Waals surface area (Å²) in [5.74, 6) is -0.0494. The fraction of sp³-hybridized carbons (Fsp3) is 0.391. The first-order valence-corrected chi connectivity index (χ1v) is 12.8. The van der Waals surface area contributed by atoms with E-state index in [-0.39, 0.29) is 10.8 Å². The first-order valence-electron chi connectivity index (χ1n) is 10.5. The van der Waals surface area contributed by atoms with Crippen molar-refractivity contribution >= 4 is 33.0 Å². The average Bonchev–Trinajstić information content (AvgIpc) is 3.26. The Labute approximate surface area is 194 Å². The first kappa shape index (κ1) is 24.0. The van der Waals surface area contributed by atoms with Crippen LogP contribution in [0.2, 0.25) is 0 Å². The molecule has 2 aromatic heterocycles. The van der Waals surface area contributed by atoms with E-state index < -0.39 is 10.0 Å². The van der Waals surface area contributed by atoms with Crippen LogP contribution in [-0.2, 0) is 17.1 Å². The zero-order chi connectivity index (χ0) is 23.8. The van der Waals surface area contributed by atoms with E-state index in [0.717, 1.165) is 11.1 Å². The van der Waals surface area contributed by atoms with Gasteiger partial charge in [-0.2, -0.15) is 0 Å². The smallest absolute Gasteiger partial charge is 0.265 e. The van der Waals surface area contributed by atoms with E-state index in [1.165, 1.54) is 11.3 Å². The molecule has 0 aliphatic rings. The fourth-order valence-corrected chi connectivity index (χ4v) is 6.05. The highest BCUT2D eigenvalue weighted by molar-refractivity contribution is 7.92. The highest BCUT2D eigenvalue weighted by atomic mass is 32.2. The summed E-state index contributed by atoms with van der Waals surface area (Å²) in [6, 6.07) is 7.29. The largest absolute Gasteiger partial charge is 0.345 e. The van der Waals surface area contributed by atoms with Crippen LogP contribution < -0.4 is 4.72 Å². The number of aryl methyl sites for hydroxylation is 3. The highest BCUT2D eigenvalue weighted by Gasteiger charge is 2.26. The molecule has 32 heavy (non-hydrogen) atoms. The number of nitrogens with zero attached hydrogens (tertiary/aromatic N) is 3. The molecule has 0 bridgehead atoms. The lowest BCUT2D eigenvalue weighted by Crippen LogP contribution is -2.30. The van der Waals surface area contributed by atoms with Crippen molar-refractivity contribution in [1.29, 1.82) is 0 Å². The SMILES string of the molecule is CCN(CC)C(=O)c1sc(-c2cc(S(=O)(=O)Nc3cc(C)ccc3C)c(C)n2C)nc1C. The van der Waals surface area contributed by atoms with Gasteiger partial charge in [-0.05, 0) is 64.8 Å². The van der Waals surface area contributed by atoms with Crippen LogP contribution in [0.15, 0.2) is 29.2 Å². The summed E-state index contributed by atoms with van der Waals surface area (Å²) in [5.41, 5.74) is 4.30. The van der Waals surface area contributed by atoms with Gasteiger partial charge in [0.05, 0.1) is 17.1 Å². The van der Waals surface area contributed by atoms with E-state index in [0.29, 0.717) is 45.7 Å². The molecule has 0 saturated carbocycles. The van der Waals surface area contributed by atoms with Crippen LogP contribution in [0.4, 0.5) is 5.69 Å². The van der Waals surface area contributed by atoms with E-state index in [1.807, 2.05) is 64.4 Å². The second-order valence-electron chi connectivity index (χ2n) is 7.87. The van der Waals surface area contributed by atoms with Crippen molar-refractivity contribution in [3.63, 3.8) is 0 Å². The lowest BCUT2D eigenvalue weighted by atomic mass is 10.1. The van der Waals surface area contributed by atoms with Gasteiger partial charge in [0.15, 0.2) is 0 Å². The lowest BCUT2D eigenvalue weighted by Gasteiger charge is -2.17. The fourth-order valence-electron chi connectivity index (χ4n) is 3.55. The molecule has 7 nitrogen and oxygen atoms in total. The maximum Gasteiger partial charge on any atom is 0.265 e. The number of nitrogens with one attached hydrogen (secondary N) is 1. The normalized spacial score (nSPS) is 11.6. The van der Waals surface area contributed by atoms with Crippen molar-refractivity contribution in [3.8, 4) is 10.7 Å². The van der Waals surface area contributed by atoms with E-state index in [1.54, 1.807) is 17.9 Å². The second-order valence-corrected chi connectivity index (χ2v) is 10.5. The molecule has 1 amide bonds. The minimum absolute atomic E-state index is 0.0494. The minimum atomic E-state index is -3.80. The zero-order valence-electron chi connectivity index (χ0n) is 19.6. The third-order valence-electron chi connectivity index (χ3n) is 5.68. The summed E-state index contributed by atoms with van der Waals surface area (Å²) in [4.78, 5) is 20.0. The number of hydrogen-bond acceptors (Lipinski definition) is 5. The van der Waals surface area contributed by atoms with Crippen molar-refractivity contribution in [1.82, 2.24) is 14.5 Å². The Hall–Kier alpha value is -2.65. The summed E-state index contributed by atoms with van der Waals surface area (Å²) >= 11 is 1.30. The quantitative estimate of drug-likeness (QED) is 0.540. The average molecular weight is 475 g/mol. The van der Waals surface area contributed by atoms with Gasteiger partial charge in [0, 0.05) is 25.8 Å². The van der Waals surface area contributed by atoms with E-state index in [9.17, 15) is 13.2 Å². The van der Waals surface area contributed by atoms with Crippen LogP contribution >= 0.6 is 11.3 Å². The van der Waals surface area contributed by atoms with Gasteiger partial charge >= 0.3 is 0 Å². The number of rotatable bonds is 7. The van der Waals surface area contributed by atoms with Crippen LogP contribution in [-0.4, -0.2) is 41.9 Å². The topological polar surface area (TPSA) is 84.3 Å². The Balaban J connectivity index is 2.02. The second kappa shape index (κ2) is 9.07. The van der Waals surface area contributed by atoms with Crippen LogP contribution in [0.5, 0.6) is 0 Å². The maximum atomic E-state index is 13.2. The van der Waals surface area contributed by atoms with Crippen LogP contribution in [0.25, 0.3) is 10.7 Å². The number of hydrogen-bond donors (Lipinski definition) is 1. The van der Waals surface area contributed by atoms with E-state index in [4.69, 9.17) is 0 Å². The molecule has 0 aliphatic carbocycles. The van der Waals surface area contributed by atoms with Crippen molar-refractivity contribution in [2.45, 2.75) is 46.4 Å². The van der Waals surface area contributed by atoms with Crippen molar-refractivity contribution < 1.29 is 13.2 Å². The summed E-state index contributed by atoms with van der Waals surface area (Å²) in [6.07, 6.45) is 0. The third-order valence-corrected chi connectivity index (χ3v) is 8.33. The summed E-state index contributed by atoms with van der Waals surface area (Å²) in [7, 11) is -1.99. The van der Waals surface area contributed by atoms with E-state index in [2.05, 4.69) is 9.71 Å². The molecule has 0 aliphatic heterocycles. The third kappa shape index (κ3) is 4.45. The zero-order valence-corrected chi connectivity index (χ0v) is 21.2. The number of carbonyl (C=O) groups excluding carboxylic acids is 1. The summed E-state index contributed by atoms with van der Waals surface area (Å²) < 4.78 is 31.0. The van der Waals surface area contributed by atoms with Gasteiger partial charge in [0.2, 0.25) is 0 Å². The molecule has 172 valence electrons. The van der Waals surface area contributed by atoms with Crippen molar-refractivity contribution in [2.24, 2.45) is 7.05 Å². The molecule has 0 radical (unpaired) electrons. The first-order chi connectivity index (χ1) is 15.0. The molecule has 0 fully saturated rings. The van der Waals surface area contributed by atoms with Gasteiger partial charge in [0.25, 0.3) is 15.9 Å². The molecule has 0 spiro atoms. The molecule has 3 aromatic rings. The number of benzene rings is 1. The summed E-state index contributed by atoms with van der Waals surface area (Å²) in [5, 5.41) is 0.622. The summed E-state index contributed by atoms with van der Waals surface area (Å²) in [6.45, 7) is 12.5. The Morgan fingerprint density at radius 3 is 2.41 bits per heavy atom. The Morgan fingerprint density at radius 2 is 1.78 bits per heavy atom. The highest BCUT2D eigenvalue weighted by Crippen LogP contribution is 2.33. The molecular formula is C23H30N4O3S2. The predicted octanol–water partition coefficient (Wildman–Crippen LogP) is 4.67. The van der Waals surface area contributed by atoms with Gasteiger partial charge in [-0.3, -0.25) is 9.52 Å². The Morgan fingerprint density at radius 1 is 1.12 bits per heavy atom. The van der Waals surface area contributed by atoms with Crippen LogP contribution in [0.3, 0.4) is 0 Å². The standard InChI is InChI=1S/C23H30N4O3S2/c1-8-27(9-2)23(28)21-16(5)24-22(31-21)19-13-20(17(6)26(19)7)32(29,30)25-18-12-14(3)10-11-15(18)4/h10-13,25H,8-9H2,1-7H3. The lowest BCUT2D eigenvalue weighted by molar-refractivity contribution is 0.0777. The monoisotopic (exact) mass is 474 g/mol. The number of sulfonamides is 1. The number of thiazole rings is 1. The molecule has 1 aromatic carbocycles. The van der Waals surface area contributed by atoms with Gasteiger partial charge < -0.3 is 9.47 Å². The number of amides is 1. The molecule has 1 N–H and O–H groups in total. The Bertz CT molecular complexity index is 1270. The van der Waals surface area contributed by atoms with Crippen molar-refractivity contribution in [2.75, 3.05) is 17.8 Å². The predicted molar refractivity (Wildman–Crippen MR) is 130 cm³/mol. The van der Waals surface area contributed by atoms with Gasteiger partial charge in [-0.25, -0.2) is 13.4 Å². The number of aromatic nitrogens is 2. The molecule has 9 heteroatoms. The van der Waals surface area contributed by atoms with Crippen molar-refractivity contribution in [3.05, 3.63) is 51.7 Å². The number of carbonyl (C=O) groups is 1. The minimum Gasteiger partial charge on any atom is -0.345 e. The molecule has 0 saturated heterocycles. The van der Waals surface area contributed by atoms with Gasteiger partial charge in [-0.1, -0.05) is 12.1 Å².